The molecule has 16 heavy (non-hydrogen) atoms. The van der Waals surface area contributed by atoms with Gasteiger partial charge in [-0.15, -0.1) is 11.3 Å². The highest BCUT2D eigenvalue weighted by Gasteiger charge is 2.62. The summed E-state index contributed by atoms with van der Waals surface area (Å²) in [6.45, 7) is 8.39. The minimum Gasteiger partial charge on any atom is -0.336 e. The number of piperidine rings is 1. The molecule has 1 aromatic heterocycles. The lowest BCUT2D eigenvalue weighted by Gasteiger charge is -2.20. The van der Waals surface area contributed by atoms with Gasteiger partial charge >= 0.3 is 0 Å². The molecule has 2 atom stereocenters. The Balaban J connectivity index is 1.71. The van der Waals surface area contributed by atoms with Gasteiger partial charge < -0.3 is 4.90 Å². The van der Waals surface area contributed by atoms with Crippen molar-refractivity contribution in [3.63, 3.8) is 0 Å². The number of thiazole rings is 1. The second-order valence-corrected chi connectivity index (χ2v) is 6.40. The van der Waals surface area contributed by atoms with E-state index in [-0.39, 0.29) is 5.91 Å². The highest BCUT2D eigenvalue weighted by molar-refractivity contribution is 7.11. The Morgan fingerprint density at radius 1 is 1.50 bits per heavy atom. The number of rotatable bonds is 1. The van der Waals surface area contributed by atoms with Crippen LogP contribution in [0.1, 0.15) is 29.3 Å². The fraction of sp³-hybridized carbons (Fsp3) is 0.667. The van der Waals surface area contributed by atoms with E-state index < -0.39 is 0 Å². The molecule has 0 bridgehead atoms. The minimum absolute atomic E-state index is 0.126. The summed E-state index contributed by atoms with van der Waals surface area (Å²) < 4.78 is 0. The van der Waals surface area contributed by atoms with Gasteiger partial charge in [0.15, 0.2) is 5.01 Å². The molecule has 1 saturated heterocycles. The molecule has 1 aliphatic carbocycles. The lowest BCUT2D eigenvalue weighted by molar-refractivity contribution is 0.0757. The van der Waals surface area contributed by atoms with E-state index in [0.717, 1.165) is 30.6 Å². The second kappa shape index (κ2) is 3.06. The first-order chi connectivity index (χ1) is 7.50. The normalized spacial score (nSPS) is 30.3. The van der Waals surface area contributed by atoms with Crippen molar-refractivity contribution in [3.05, 3.63) is 16.1 Å². The Kier molecular flexibility index (Phi) is 1.97. The van der Waals surface area contributed by atoms with Crippen LogP contribution in [0.15, 0.2) is 5.38 Å². The van der Waals surface area contributed by atoms with Gasteiger partial charge in [0.2, 0.25) is 0 Å². The fourth-order valence-corrected chi connectivity index (χ4v) is 3.65. The van der Waals surface area contributed by atoms with Crippen molar-refractivity contribution < 1.29 is 4.79 Å². The van der Waals surface area contributed by atoms with Crippen LogP contribution in [0.4, 0.5) is 0 Å². The average molecular weight is 236 g/mol. The molecule has 4 heteroatoms. The first kappa shape index (κ1) is 10.3. The Labute approximate surface area is 99.5 Å². The van der Waals surface area contributed by atoms with Crippen molar-refractivity contribution >= 4 is 17.2 Å². The molecule has 1 saturated carbocycles. The van der Waals surface area contributed by atoms with E-state index in [1.165, 1.54) is 11.3 Å². The summed E-state index contributed by atoms with van der Waals surface area (Å²) in [5, 5.41) is 2.59. The largest absolute Gasteiger partial charge is 0.336 e. The van der Waals surface area contributed by atoms with Crippen molar-refractivity contribution in [3.8, 4) is 0 Å². The van der Waals surface area contributed by atoms with Crippen molar-refractivity contribution in [2.45, 2.75) is 20.8 Å². The molecule has 0 spiro atoms. The molecule has 86 valence electrons. The molecule has 0 aromatic carbocycles. The Morgan fingerprint density at radius 2 is 2.12 bits per heavy atom. The SMILES string of the molecule is Cc1csc(C(=O)N2CC3C(C2)C3(C)C)n1. The van der Waals surface area contributed by atoms with Crippen LogP contribution in [-0.4, -0.2) is 28.9 Å². The number of carbonyl (C=O) groups is 1. The zero-order valence-corrected chi connectivity index (χ0v) is 10.7. The molecule has 0 N–H and O–H groups in total. The number of amides is 1. The van der Waals surface area contributed by atoms with Crippen LogP contribution in [0.25, 0.3) is 0 Å². The molecule has 0 radical (unpaired) electrons. The molecule has 3 nitrogen and oxygen atoms in total. The van der Waals surface area contributed by atoms with E-state index in [0.29, 0.717) is 10.4 Å². The molecule has 3 rings (SSSR count). The van der Waals surface area contributed by atoms with Gasteiger partial charge in [0.25, 0.3) is 5.91 Å². The van der Waals surface area contributed by atoms with Crippen LogP contribution in [0.5, 0.6) is 0 Å². The predicted molar refractivity (Wildman–Crippen MR) is 63.5 cm³/mol. The number of likely N-dealkylation sites (tertiary alicyclic amines) is 1. The maximum Gasteiger partial charge on any atom is 0.282 e. The average Bonchev–Trinajstić information content (AvgIpc) is 2.72. The Hall–Kier alpha value is -0.900. The van der Waals surface area contributed by atoms with Crippen molar-refractivity contribution in [1.29, 1.82) is 0 Å². The molecule has 2 heterocycles. The molecule has 1 aliphatic heterocycles. The van der Waals surface area contributed by atoms with Gasteiger partial charge in [0.1, 0.15) is 0 Å². The molecular formula is C12H16N2OS. The smallest absolute Gasteiger partial charge is 0.282 e. The highest BCUT2D eigenvalue weighted by Crippen LogP contribution is 2.62. The first-order valence-corrected chi connectivity index (χ1v) is 6.59. The molecule has 1 amide bonds. The van der Waals surface area contributed by atoms with Gasteiger partial charge in [-0.1, -0.05) is 13.8 Å². The maximum absolute atomic E-state index is 12.1. The summed E-state index contributed by atoms with van der Waals surface area (Å²) in [6.07, 6.45) is 0. The topological polar surface area (TPSA) is 33.2 Å². The first-order valence-electron chi connectivity index (χ1n) is 5.71. The number of aromatic nitrogens is 1. The summed E-state index contributed by atoms with van der Waals surface area (Å²) in [7, 11) is 0. The third kappa shape index (κ3) is 1.32. The molecule has 2 fully saturated rings. The quantitative estimate of drug-likeness (QED) is 0.749. The van der Waals surface area contributed by atoms with E-state index in [1.807, 2.05) is 17.2 Å². The number of aryl methyl sites for hydroxylation is 1. The lowest BCUT2D eigenvalue weighted by atomic mass is 10.1. The van der Waals surface area contributed by atoms with E-state index in [9.17, 15) is 4.79 Å². The summed E-state index contributed by atoms with van der Waals surface area (Å²) >= 11 is 1.46. The Morgan fingerprint density at radius 3 is 2.62 bits per heavy atom. The lowest BCUT2D eigenvalue weighted by Crippen LogP contribution is -2.32. The van der Waals surface area contributed by atoms with Crippen molar-refractivity contribution in [2.24, 2.45) is 17.3 Å². The minimum atomic E-state index is 0.126. The van der Waals surface area contributed by atoms with Crippen molar-refractivity contribution in [2.75, 3.05) is 13.1 Å². The number of hydrogen-bond acceptors (Lipinski definition) is 3. The standard InChI is InChI=1S/C12H16N2OS/c1-7-6-16-10(13-7)11(15)14-4-8-9(5-14)12(8,2)3/h6,8-9H,4-5H2,1-3H3. The predicted octanol–water partition coefficient (Wildman–Crippen LogP) is 2.18. The van der Waals surface area contributed by atoms with Crippen molar-refractivity contribution in [1.82, 2.24) is 9.88 Å². The van der Waals surface area contributed by atoms with Gasteiger partial charge in [0.05, 0.1) is 0 Å². The third-order valence-electron chi connectivity index (χ3n) is 4.21. The van der Waals surface area contributed by atoms with Crippen LogP contribution in [0, 0.1) is 24.2 Å². The molecule has 1 aromatic rings. The summed E-state index contributed by atoms with van der Waals surface area (Å²) in [4.78, 5) is 18.3. The zero-order valence-electron chi connectivity index (χ0n) is 9.86. The van der Waals surface area contributed by atoms with Gasteiger partial charge in [-0.25, -0.2) is 4.98 Å². The highest BCUT2D eigenvalue weighted by atomic mass is 32.1. The van der Waals surface area contributed by atoms with E-state index in [1.54, 1.807) is 0 Å². The maximum atomic E-state index is 12.1. The van der Waals surface area contributed by atoms with Crippen LogP contribution in [0.3, 0.4) is 0 Å². The summed E-state index contributed by atoms with van der Waals surface area (Å²) in [5.41, 5.74) is 1.41. The van der Waals surface area contributed by atoms with E-state index in [2.05, 4.69) is 18.8 Å². The molecule has 2 unspecified atom stereocenters. The second-order valence-electron chi connectivity index (χ2n) is 5.54. The van der Waals surface area contributed by atoms with Gasteiger partial charge in [-0.05, 0) is 24.2 Å². The Bertz CT molecular complexity index is 438. The zero-order chi connectivity index (χ0) is 11.5. The fourth-order valence-electron chi connectivity index (χ4n) is 2.89. The summed E-state index contributed by atoms with van der Waals surface area (Å²) in [5.74, 6) is 1.57. The number of nitrogens with zero attached hydrogens (tertiary/aromatic N) is 2. The third-order valence-corrected chi connectivity index (χ3v) is 5.16. The number of carbonyl (C=O) groups excluding carboxylic acids is 1. The number of fused-ring (bicyclic) bond motifs is 1. The number of hydrogen-bond donors (Lipinski definition) is 0. The van der Waals surface area contributed by atoms with Crippen LogP contribution < -0.4 is 0 Å². The summed E-state index contributed by atoms with van der Waals surface area (Å²) in [6, 6.07) is 0. The molecular weight excluding hydrogens is 220 g/mol. The monoisotopic (exact) mass is 236 g/mol. The molecule has 2 aliphatic rings. The van der Waals surface area contributed by atoms with Crippen LogP contribution >= 0.6 is 11.3 Å². The van der Waals surface area contributed by atoms with E-state index >= 15 is 0 Å². The van der Waals surface area contributed by atoms with Crippen LogP contribution in [-0.2, 0) is 0 Å². The van der Waals surface area contributed by atoms with Gasteiger partial charge in [-0.3, -0.25) is 4.79 Å². The van der Waals surface area contributed by atoms with E-state index in [4.69, 9.17) is 0 Å². The van der Waals surface area contributed by atoms with Gasteiger partial charge in [0, 0.05) is 24.2 Å². The van der Waals surface area contributed by atoms with Crippen LogP contribution in [0.2, 0.25) is 0 Å². The van der Waals surface area contributed by atoms with Gasteiger partial charge in [-0.2, -0.15) is 0 Å².